The number of carbonyl (C=O) groups excluding carboxylic acids is 3. The van der Waals surface area contributed by atoms with Gasteiger partial charge in [-0.3, -0.25) is 9.59 Å². The van der Waals surface area contributed by atoms with E-state index in [9.17, 15) is 50.6 Å². The molecule has 0 bridgehead atoms. The van der Waals surface area contributed by atoms with Gasteiger partial charge in [0.1, 0.15) is 5.60 Å². The Kier molecular flexibility index (Phi) is 13.4. The minimum atomic E-state index is -5.03. The second-order valence-electron chi connectivity index (χ2n) is 8.66. The van der Waals surface area contributed by atoms with Crippen LogP contribution in [0.4, 0.5) is 35.9 Å². The topological polar surface area (TPSA) is 128 Å². The number of carbonyl (C=O) groups is 4. The molecule has 0 aliphatic rings. The van der Waals surface area contributed by atoms with Crippen LogP contribution >= 0.6 is 0 Å². The van der Waals surface area contributed by atoms with Gasteiger partial charge in [0.2, 0.25) is 0 Å². The first-order valence-electron chi connectivity index (χ1n) is 11.0. The third kappa shape index (κ3) is 15.1. The zero-order valence-corrected chi connectivity index (χ0v) is 20.2. The molecule has 3 N–H and O–H groups in total. The highest BCUT2D eigenvalue weighted by atomic mass is 19.4. The van der Waals surface area contributed by atoms with Crippen LogP contribution in [0.5, 0.6) is 0 Å². The van der Waals surface area contributed by atoms with E-state index < -0.39 is 42.0 Å². The van der Waals surface area contributed by atoms with Crippen LogP contribution in [-0.2, 0) is 14.3 Å². The molecule has 0 aliphatic heterocycles. The monoisotopic (exact) mass is 538 g/mol. The molecule has 36 heavy (non-hydrogen) atoms. The summed E-state index contributed by atoms with van der Waals surface area (Å²) in [7, 11) is 0. The van der Waals surface area contributed by atoms with Crippen LogP contribution in [0.1, 0.15) is 46.5 Å². The highest BCUT2D eigenvalue weighted by molar-refractivity contribution is 5.82. The number of amides is 4. The molecule has 210 valence electrons. The number of halogens is 6. The first-order chi connectivity index (χ1) is 16.3. The molecule has 0 aromatic carbocycles. The molecule has 10 nitrogen and oxygen atoms in total. The Morgan fingerprint density at radius 3 is 1.42 bits per heavy atom. The Labute approximate surface area is 204 Å². The zero-order chi connectivity index (χ0) is 28.2. The SMILES string of the molecule is CC(C)(C)OC(=O)N(CCCCN(CCCNC(=O)C(F)(F)F)C(=O)O)CCCNC(=O)C(F)(F)F. The summed E-state index contributed by atoms with van der Waals surface area (Å²) < 4.78 is 78.4. The average Bonchev–Trinajstić information content (AvgIpc) is 2.70. The minimum Gasteiger partial charge on any atom is -0.465 e. The molecule has 0 fully saturated rings. The maximum atomic E-state index is 12.4. The van der Waals surface area contributed by atoms with Crippen LogP contribution in [0.3, 0.4) is 0 Å². The highest BCUT2D eigenvalue weighted by Gasteiger charge is 2.38. The van der Waals surface area contributed by atoms with Crippen molar-refractivity contribution in [1.29, 1.82) is 0 Å². The molecular weight excluding hydrogens is 506 g/mol. The minimum absolute atomic E-state index is 0.00591. The van der Waals surface area contributed by atoms with Crippen molar-refractivity contribution in [3.05, 3.63) is 0 Å². The van der Waals surface area contributed by atoms with Gasteiger partial charge in [0.05, 0.1) is 0 Å². The van der Waals surface area contributed by atoms with E-state index in [1.807, 2.05) is 0 Å². The summed E-state index contributed by atoms with van der Waals surface area (Å²) in [5.74, 6) is -4.22. The molecule has 0 aromatic rings. The van der Waals surface area contributed by atoms with E-state index >= 15 is 0 Å². The summed E-state index contributed by atoms with van der Waals surface area (Å²) in [6, 6.07) is 0. The van der Waals surface area contributed by atoms with E-state index in [-0.39, 0.29) is 65.0 Å². The summed E-state index contributed by atoms with van der Waals surface area (Å²) in [5, 5.41) is 12.6. The summed E-state index contributed by atoms with van der Waals surface area (Å²) in [6.45, 7) is 4.05. The van der Waals surface area contributed by atoms with Crippen molar-refractivity contribution in [1.82, 2.24) is 20.4 Å². The lowest BCUT2D eigenvalue weighted by Gasteiger charge is -2.28. The molecule has 0 radical (unpaired) electrons. The van der Waals surface area contributed by atoms with Crippen LogP contribution in [0.2, 0.25) is 0 Å². The number of alkyl halides is 6. The fourth-order valence-corrected chi connectivity index (χ4v) is 2.67. The van der Waals surface area contributed by atoms with Crippen molar-refractivity contribution in [2.24, 2.45) is 0 Å². The van der Waals surface area contributed by atoms with Crippen LogP contribution in [0.25, 0.3) is 0 Å². The number of unbranched alkanes of at least 4 members (excludes halogenated alkanes) is 1. The molecule has 0 atom stereocenters. The number of ether oxygens (including phenoxy) is 1. The van der Waals surface area contributed by atoms with Crippen LogP contribution in [0, 0.1) is 0 Å². The summed E-state index contributed by atoms with van der Waals surface area (Å²) >= 11 is 0. The molecular formula is C20H32F6N4O6. The fourth-order valence-electron chi connectivity index (χ4n) is 2.67. The lowest BCUT2D eigenvalue weighted by Crippen LogP contribution is -2.41. The Balaban J connectivity index is 4.66. The predicted molar refractivity (Wildman–Crippen MR) is 114 cm³/mol. The fraction of sp³-hybridized carbons (Fsp3) is 0.800. The van der Waals surface area contributed by atoms with Gasteiger partial charge in [0, 0.05) is 39.3 Å². The van der Waals surface area contributed by atoms with Crippen molar-refractivity contribution in [2.75, 3.05) is 39.3 Å². The smallest absolute Gasteiger partial charge is 0.465 e. The van der Waals surface area contributed by atoms with Gasteiger partial charge >= 0.3 is 36.4 Å². The first kappa shape index (κ1) is 33.1. The quantitative estimate of drug-likeness (QED) is 0.244. The van der Waals surface area contributed by atoms with E-state index in [1.54, 1.807) is 31.4 Å². The van der Waals surface area contributed by atoms with E-state index in [0.29, 0.717) is 0 Å². The second kappa shape index (κ2) is 14.6. The van der Waals surface area contributed by atoms with E-state index in [0.717, 1.165) is 4.90 Å². The molecule has 0 aliphatic carbocycles. The maximum Gasteiger partial charge on any atom is 0.471 e. The summed E-state index contributed by atoms with van der Waals surface area (Å²) in [5.41, 5.74) is -0.846. The summed E-state index contributed by atoms with van der Waals surface area (Å²) in [4.78, 5) is 47.5. The average molecular weight is 538 g/mol. The van der Waals surface area contributed by atoms with Crippen LogP contribution < -0.4 is 10.6 Å². The van der Waals surface area contributed by atoms with Crippen molar-refractivity contribution in [3.8, 4) is 0 Å². The van der Waals surface area contributed by atoms with Gasteiger partial charge in [-0.2, -0.15) is 26.3 Å². The Morgan fingerprint density at radius 2 is 1.06 bits per heavy atom. The largest absolute Gasteiger partial charge is 0.471 e. The first-order valence-corrected chi connectivity index (χ1v) is 11.0. The zero-order valence-electron chi connectivity index (χ0n) is 20.2. The van der Waals surface area contributed by atoms with Gasteiger partial charge in [-0.05, 0) is 46.5 Å². The van der Waals surface area contributed by atoms with Crippen molar-refractivity contribution in [2.45, 2.75) is 64.4 Å². The number of rotatable bonds is 13. The number of hydrogen-bond donors (Lipinski definition) is 3. The standard InChI is InChI=1S/C20H32F6N4O6/c1-18(2,3)36-17(35)30(13-7-9-28-15(32)20(24,25)26)11-5-4-10-29(16(33)34)12-6-8-27-14(31)19(21,22)23/h4-13H2,1-3H3,(H,27,31)(H,28,32)(H,33,34). The van der Waals surface area contributed by atoms with Crippen molar-refractivity contribution in [3.63, 3.8) is 0 Å². The van der Waals surface area contributed by atoms with Gasteiger partial charge in [-0.1, -0.05) is 0 Å². The van der Waals surface area contributed by atoms with Crippen LogP contribution in [0.15, 0.2) is 0 Å². The molecule has 0 rings (SSSR count). The van der Waals surface area contributed by atoms with Gasteiger partial charge in [-0.25, -0.2) is 9.59 Å². The van der Waals surface area contributed by atoms with Gasteiger partial charge in [-0.15, -0.1) is 0 Å². The normalized spacial score (nSPS) is 12.0. The molecule has 4 amide bonds. The molecule has 16 heteroatoms. The Bertz CT molecular complexity index is 740. The molecule has 0 saturated carbocycles. The third-order valence-electron chi connectivity index (χ3n) is 4.32. The van der Waals surface area contributed by atoms with Gasteiger partial charge in [0.15, 0.2) is 0 Å². The number of nitrogens with one attached hydrogen (secondary N) is 2. The van der Waals surface area contributed by atoms with E-state index in [1.165, 1.54) is 4.90 Å². The molecule has 0 heterocycles. The molecule has 0 saturated heterocycles. The summed E-state index contributed by atoms with van der Waals surface area (Å²) in [6.07, 6.45) is -11.6. The second-order valence-corrected chi connectivity index (χ2v) is 8.66. The van der Waals surface area contributed by atoms with E-state index in [2.05, 4.69) is 0 Å². The van der Waals surface area contributed by atoms with Crippen LogP contribution in [-0.4, -0.2) is 96.1 Å². The lowest BCUT2D eigenvalue weighted by molar-refractivity contribution is -0.173. The third-order valence-corrected chi connectivity index (χ3v) is 4.32. The molecule has 0 aromatic heterocycles. The predicted octanol–water partition coefficient (Wildman–Crippen LogP) is 3.12. The van der Waals surface area contributed by atoms with Crippen molar-refractivity contribution < 1.29 is 55.4 Å². The van der Waals surface area contributed by atoms with E-state index in [4.69, 9.17) is 4.74 Å². The van der Waals surface area contributed by atoms with Crippen molar-refractivity contribution >= 4 is 24.0 Å². The Hall–Kier alpha value is -2.94. The number of hydrogen-bond acceptors (Lipinski definition) is 5. The van der Waals surface area contributed by atoms with Gasteiger partial charge in [0.25, 0.3) is 0 Å². The number of carboxylic acid groups (broad SMARTS) is 1. The molecule has 0 spiro atoms. The molecule has 0 unspecified atom stereocenters. The number of nitrogens with zero attached hydrogens (tertiary/aromatic N) is 2. The Morgan fingerprint density at radius 1 is 0.694 bits per heavy atom. The maximum absolute atomic E-state index is 12.4. The van der Waals surface area contributed by atoms with Gasteiger partial charge < -0.3 is 30.3 Å². The lowest BCUT2D eigenvalue weighted by atomic mass is 10.2. The highest BCUT2D eigenvalue weighted by Crippen LogP contribution is 2.15.